The van der Waals surface area contributed by atoms with E-state index in [1.54, 1.807) is 61.5 Å². The predicted octanol–water partition coefficient (Wildman–Crippen LogP) is 5.84. The maximum Gasteiger partial charge on any atom is 0.264 e. The Balaban J connectivity index is 2.13. The Morgan fingerprint density at radius 3 is 2.32 bits per heavy atom. The van der Waals surface area contributed by atoms with Crippen molar-refractivity contribution in [1.29, 1.82) is 0 Å². The van der Waals surface area contributed by atoms with Crippen LogP contribution in [-0.4, -0.2) is 51.4 Å². The highest BCUT2D eigenvalue weighted by Crippen LogP contribution is 2.34. The van der Waals surface area contributed by atoms with Crippen LogP contribution in [0, 0.1) is 6.92 Å². The molecule has 41 heavy (non-hydrogen) atoms. The van der Waals surface area contributed by atoms with E-state index in [1.165, 1.54) is 24.1 Å². The van der Waals surface area contributed by atoms with Crippen molar-refractivity contribution in [2.24, 2.45) is 0 Å². The van der Waals surface area contributed by atoms with Crippen molar-refractivity contribution in [3.05, 3.63) is 87.9 Å². The second-order valence-corrected chi connectivity index (χ2v) is 12.2. The van der Waals surface area contributed by atoms with Gasteiger partial charge in [0.1, 0.15) is 18.3 Å². The third kappa shape index (κ3) is 7.93. The van der Waals surface area contributed by atoms with Gasteiger partial charge in [-0.05, 0) is 67.3 Å². The molecule has 1 atom stereocenters. The number of methoxy groups -OCH3 is 1. The molecule has 2 amide bonds. The molecule has 0 bridgehead atoms. The van der Waals surface area contributed by atoms with E-state index >= 15 is 0 Å². The van der Waals surface area contributed by atoms with Crippen molar-refractivity contribution in [1.82, 2.24) is 10.2 Å². The summed E-state index contributed by atoms with van der Waals surface area (Å²) in [7, 11) is -2.79. The number of anilines is 1. The fourth-order valence-corrected chi connectivity index (χ4v) is 6.25. The second-order valence-electron chi connectivity index (χ2n) is 9.47. The van der Waals surface area contributed by atoms with Crippen LogP contribution in [0.2, 0.25) is 10.0 Å². The normalized spacial score (nSPS) is 12.0. The number of amides is 2. The summed E-state index contributed by atoms with van der Waals surface area (Å²) in [5.74, 6) is -0.640. The number of halogens is 2. The molecule has 0 fully saturated rings. The van der Waals surface area contributed by atoms with Crippen LogP contribution in [-0.2, 0) is 26.2 Å². The molecule has 0 spiro atoms. The van der Waals surface area contributed by atoms with Crippen LogP contribution in [0.15, 0.2) is 71.6 Å². The van der Waals surface area contributed by atoms with E-state index in [4.69, 9.17) is 27.9 Å². The Hall–Kier alpha value is -3.27. The van der Waals surface area contributed by atoms with Crippen LogP contribution in [0.4, 0.5) is 5.69 Å². The number of ether oxygens (including phenoxy) is 1. The Labute approximate surface area is 252 Å². The zero-order valence-electron chi connectivity index (χ0n) is 23.6. The van der Waals surface area contributed by atoms with Crippen molar-refractivity contribution in [3.63, 3.8) is 0 Å². The molecule has 0 aliphatic carbocycles. The number of carbonyl (C=O) groups excluding carboxylic acids is 2. The van der Waals surface area contributed by atoms with Crippen LogP contribution in [0.25, 0.3) is 0 Å². The number of hydrogen-bond donors (Lipinski definition) is 1. The molecule has 0 aliphatic heterocycles. The number of hydrogen-bond acceptors (Lipinski definition) is 5. The highest BCUT2D eigenvalue weighted by atomic mass is 35.5. The summed E-state index contributed by atoms with van der Waals surface area (Å²) in [5, 5.41) is 3.61. The summed E-state index contributed by atoms with van der Waals surface area (Å²) in [5.41, 5.74) is 1.55. The minimum Gasteiger partial charge on any atom is -0.495 e. The third-order valence-corrected chi connectivity index (χ3v) is 8.86. The van der Waals surface area contributed by atoms with Crippen molar-refractivity contribution >= 4 is 50.7 Å². The van der Waals surface area contributed by atoms with Crippen molar-refractivity contribution in [3.8, 4) is 5.75 Å². The summed E-state index contributed by atoms with van der Waals surface area (Å²) in [4.78, 5) is 28.8. The maximum absolute atomic E-state index is 14.2. The van der Waals surface area contributed by atoms with Gasteiger partial charge in [-0.1, -0.05) is 67.4 Å². The lowest BCUT2D eigenvalue weighted by Gasteiger charge is -2.33. The van der Waals surface area contributed by atoms with Crippen molar-refractivity contribution in [2.75, 3.05) is 24.5 Å². The zero-order valence-corrected chi connectivity index (χ0v) is 25.9. The average Bonchev–Trinajstić information content (AvgIpc) is 2.96. The van der Waals surface area contributed by atoms with Gasteiger partial charge in [-0.25, -0.2) is 8.42 Å². The first-order valence-electron chi connectivity index (χ1n) is 13.3. The van der Waals surface area contributed by atoms with Gasteiger partial charge in [-0.3, -0.25) is 13.9 Å². The van der Waals surface area contributed by atoms with Crippen molar-refractivity contribution in [2.45, 2.75) is 51.1 Å². The number of carbonyl (C=O) groups is 2. The van der Waals surface area contributed by atoms with Gasteiger partial charge in [0, 0.05) is 23.1 Å². The molecule has 0 aromatic heterocycles. The number of aryl methyl sites for hydroxylation is 1. The standard InChI is InChI=1S/C30H35Cl2N3O5S/c1-5-16-33-30(37)26(6-2)34(19-22-13-14-23(31)18-25(22)32)29(36)20-35(27-17-21(3)12-15-28(27)40-4)41(38,39)24-10-8-7-9-11-24/h7-15,17-18,26H,5-6,16,19-20H2,1-4H3,(H,33,37)/t26-/m1/s1. The molecule has 0 saturated carbocycles. The quantitative estimate of drug-likeness (QED) is 0.259. The van der Waals surface area contributed by atoms with Gasteiger partial charge in [0.2, 0.25) is 11.8 Å². The maximum atomic E-state index is 14.2. The molecule has 220 valence electrons. The summed E-state index contributed by atoms with van der Waals surface area (Å²) in [6, 6.07) is 17.0. The Bertz CT molecular complexity index is 1470. The molecule has 0 unspecified atom stereocenters. The first kappa shape index (κ1) is 32.2. The highest BCUT2D eigenvalue weighted by molar-refractivity contribution is 7.92. The fourth-order valence-electron chi connectivity index (χ4n) is 4.35. The molecule has 1 N–H and O–H groups in total. The smallest absolute Gasteiger partial charge is 0.264 e. The van der Waals surface area contributed by atoms with Crippen LogP contribution in [0.1, 0.15) is 37.8 Å². The largest absolute Gasteiger partial charge is 0.495 e. The van der Waals surface area contributed by atoms with Crippen molar-refractivity contribution < 1.29 is 22.7 Å². The van der Waals surface area contributed by atoms with E-state index in [0.29, 0.717) is 28.6 Å². The highest BCUT2D eigenvalue weighted by Gasteiger charge is 2.35. The zero-order chi connectivity index (χ0) is 30.2. The molecular formula is C30H35Cl2N3O5S. The fraction of sp³-hybridized carbons (Fsp3) is 0.333. The van der Waals surface area contributed by atoms with Crippen LogP contribution < -0.4 is 14.4 Å². The summed E-state index contributed by atoms with van der Waals surface area (Å²) >= 11 is 12.5. The minimum absolute atomic E-state index is 0.0105. The van der Waals surface area contributed by atoms with E-state index in [1.807, 2.05) is 13.8 Å². The van der Waals surface area contributed by atoms with E-state index in [0.717, 1.165) is 16.3 Å². The molecule has 3 rings (SSSR count). The lowest BCUT2D eigenvalue weighted by Crippen LogP contribution is -2.52. The van der Waals surface area contributed by atoms with Gasteiger partial charge in [0.15, 0.2) is 0 Å². The molecule has 0 saturated heterocycles. The topological polar surface area (TPSA) is 96.0 Å². The molecule has 8 nitrogen and oxygen atoms in total. The predicted molar refractivity (Wildman–Crippen MR) is 163 cm³/mol. The van der Waals surface area contributed by atoms with E-state index < -0.39 is 28.5 Å². The third-order valence-electron chi connectivity index (χ3n) is 6.50. The number of rotatable bonds is 13. The lowest BCUT2D eigenvalue weighted by molar-refractivity contribution is -0.140. The summed E-state index contributed by atoms with van der Waals surface area (Å²) in [6.07, 6.45) is 1.01. The van der Waals surface area contributed by atoms with Crippen LogP contribution in [0.5, 0.6) is 5.75 Å². The molecular weight excluding hydrogens is 585 g/mol. The van der Waals surface area contributed by atoms with Gasteiger partial charge in [-0.15, -0.1) is 0 Å². The van der Waals surface area contributed by atoms with Gasteiger partial charge in [-0.2, -0.15) is 0 Å². The molecule has 3 aromatic rings. The Kier molecular flexibility index (Phi) is 11.5. The average molecular weight is 621 g/mol. The van der Waals surface area contributed by atoms with E-state index in [-0.39, 0.29) is 28.8 Å². The SMILES string of the molecule is CCCNC(=O)[C@@H](CC)N(Cc1ccc(Cl)cc1Cl)C(=O)CN(c1cc(C)ccc1OC)S(=O)(=O)c1ccccc1. The van der Waals surface area contributed by atoms with Crippen LogP contribution in [0.3, 0.4) is 0 Å². The number of benzene rings is 3. The molecule has 0 radical (unpaired) electrons. The van der Waals surface area contributed by atoms with Gasteiger partial charge in [0.25, 0.3) is 10.0 Å². The van der Waals surface area contributed by atoms with Gasteiger partial charge in [0.05, 0.1) is 17.7 Å². The lowest BCUT2D eigenvalue weighted by atomic mass is 10.1. The molecule has 11 heteroatoms. The molecule has 0 aliphatic rings. The Morgan fingerprint density at radius 2 is 1.71 bits per heavy atom. The minimum atomic E-state index is -4.22. The number of nitrogens with one attached hydrogen (secondary N) is 1. The van der Waals surface area contributed by atoms with Gasteiger partial charge < -0.3 is 15.0 Å². The molecule has 0 heterocycles. The summed E-state index contributed by atoms with van der Waals surface area (Å²) in [6.45, 7) is 5.37. The van der Waals surface area contributed by atoms with Gasteiger partial charge >= 0.3 is 0 Å². The van der Waals surface area contributed by atoms with E-state index in [2.05, 4.69) is 5.32 Å². The monoisotopic (exact) mass is 619 g/mol. The number of nitrogens with zero attached hydrogens (tertiary/aromatic N) is 2. The van der Waals surface area contributed by atoms with E-state index in [9.17, 15) is 18.0 Å². The number of sulfonamides is 1. The molecule has 3 aromatic carbocycles. The Morgan fingerprint density at radius 1 is 1.00 bits per heavy atom. The first-order chi connectivity index (χ1) is 19.5. The van der Waals surface area contributed by atoms with Crippen LogP contribution >= 0.6 is 23.2 Å². The second kappa shape index (κ2) is 14.6. The summed E-state index contributed by atoms with van der Waals surface area (Å²) < 4.78 is 34.6. The first-order valence-corrected chi connectivity index (χ1v) is 15.5.